The fraction of sp³-hybridized carbons (Fsp3) is 0.333. The Kier molecular flexibility index (Phi) is 5.12. The van der Waals surface area contributed by atoms with Gasteiger partial charge < -0.3 is 10.1 Å². The smallest absolute Gasteiger partial charge is 0.147 e. The number of nitrogens with zero attached hydrogens (tertiary/aromatic N) is 4. The summed E-state index contributed by atoms with van der Waals surface area (Å²) in [5.41, 5.74) is 6.47. The molecule has 2 unspecified atom stereocenters. The van der Waals surface area contributed by atoms with Crippen molar-refractivity contribution in [1.82, 2.24) is 25.2 Å². The molecule has 1 saturated heterocycles. The molecule has 1 fully saturated rings. The average molecular weight is 440 g/mol. The molecule has 6 rings (SSSR count). The number of likely N-dealkylation sites (tertiary alicyclic amines) is 1. The first-order valence-electron chi connectivity index (χ1n) is 11.8. The van der Waals surface area contributed by atoms with Crippen LogP contribution in [0.1, 0.15) is 29.2 Å². The summed E-state index contributed by atoms with van der Waals surface area (Å²) in [5, 5.41) is 12.9. The van der Waals surface area contributed by atoms with Crippen molar-refractivity contribution in [2.45, 2.75) is 38.0 Å². The second-order valence-electron chi connectivity index (χ2n) is 9.23. The van der Waals surface area contributed by atoms with E-state index < -0.39 is 0 Å². The number of benzene rings is 3. The second kappa shape index (κ2) is 8.28. The van der Waals surface area contributed by atoms with Crippen molar-refractivity contribution >= 4 is 11.0 Å². The zero-order valence-corrected chi connectivity index (χ0v) is 19.1. The van der Waals surface area contributed by atoms with Crippen LogP contribution in [-0.4, -0.2) is 52.1 Å². The van der Waals surface area contributed by atoms with Crippen LogP contribution < -0.4 is 10.1 Å². The van der Waals surface area contributed by atoms with E-state index in [2.05, 4.69) is 66.7 Å². The maximum atomic E-state index is 6.87. The molecule has 33 heavy (non-hydrogen) atoms. The molecular formula is C27H29N5O. The van der Waals surface area contributed by atoms with Crippen LogP contribution in [0.2, 0.25) is 0 Å². The highest BCUT2D eigenvalue weighted by atomic mass is 16.5. The van der Waals surface area contributed by atoms with Crippen molar-refractivity contribution in [3.63, 3.8) is 0 Å². The summed E-state index contributed by atoms with van der Waals surface area (Å²) >= 11 is 0. The number of aryl methyl sites for hydroxylation is 1. The lowest BCUT2D eigenvalue weighted by Gasteiger charge is -2.30. The third-order valence-corrected chi connectivity index (χ3v) is 7.11. The minimum Gasteiger partial charge on any atom is -0.482 e. The Balaban J connectivity index is 1.38. The van der Waals surface area contributed by atoms with E-state index in [1.54, 1.807) is 4.80 Å². The molecule has 1 aromatic heterocycles. The summed E-state index contributed by atoms with van der Waals surface area (Å²) < 4.78 is 6.87. The van der Waals surface area contributed by atoms with Gasteiger partial charge in [0.2, 0.25) is 0 Å². The first-order chi connectivity index (χ1) is 16.2. The van der Waals surface area contributed by atoms with Gasteiger partial charge in [-0.1, -0.05) is 42.5 Å². The first-order valence-corrected chi connectivity index (χ1v) is 11.8. The highest BCUT2D eigenvalue weighted by Crippen LogP contribution is 2.40. The van der Waals surface area contributed by atoms with Gasteiger partial charge in [0.1, 0.15) is 28.6 Å². The fourth-order valence-electron chi connectivity index (χ4n) is 5.31. The third-order valence-electron chi connectivity index (χ3n) is 7.11. The van der Waals surface area contributed by atoms with E-state index in [4.69, 9.17) is 14.9 Å². The van der Waals surface area contributed by atoms with Gasteiger partial charge in [-0.15, -0.1) is 15.0 Å². The normalized spacial score (nSPS) is 22.7. The maximum absolute atomic E-state index is 6.87. The molecule has 0 saturated carbocycles. The van der Waals surface area contributed by atoms with Crippen molar-refractivity contribution in [3.05, 3.63) is 83.4 Å². The molecule has 0 radical (unpaired) electrons. The first kappa shape index (κ1) is 20.4. The molecule has 1 N–H and O–H groups in total. The van der Waals surface area contributed by atoms with Gasteiger partial charge in [-0.3, -0.25) is 4.90 Å². The largest absolute Gasteiger partial charge is 0.482 e. The minimum absolute atomic E-state index is 0.0248. The molecule has 3 aromatic carbocycles. The quantitative estimate of drug-likeness (QED) is 0.508. The van der Waals surface area contributed by atoms with Crippen LogP contribution in [0.15, 0.2) is 66.7 Å². The molecule has 1 aliphatic carbocycles. The predicted molar refractivity (Wildman–Crippen MR) is 130 cm³/mol. The topological polar surface area (TPSA) is 55.2 Å². The summed E-state index contributed by atoms with van der Waals surface area (Å²) in [7, 11) is 2.06. The van der Waals surface area contributed by atoms with Gasteiger partial charge in [0.25, 0.3) is 0 Å². The van der Waals surface area contributed by atoms with E-state index in [9.17, 15) is 0 Å². The number of ether oxygens (including phenoxy) is 1. The molecule has 6 heteroatoms. The highest BCUT2D eigenvalue weighted by Gasteiger charge is 2.40. The van der Waals surface area contributed by atoms with Crippen LogP contribution in [0, 0.1) is 6.92 Å². The number of rotatable bonds is 5. The van der Waals surface area contributed by atoms with Crippen LogP contribution in [0.3, 0.4) is 0 Å². The fourth-order valence-corrected chi connectivity index (χ4v) is 5.31. The third kappa shape index (κ3) is 3.69. The molecule has 1 aliphatic heterocycles. The lowest BCUT2D eigenvalue weighted by atomic mass is 10.1. The summed E-state index contributed by atoms with van der Waals surface area (Å²) in [5.74, 6) is 0.817. The average Bonchev–Trinajstić information content (AvgIpc) is 3.57. The maximum Gasteiger partial charge on any atom is 0.147 e. The summed E-state index contributed by atoms with van der Waals surface area (Å²) in [6.45, 7) is 4.24. The van der Waals surface area contributed by atoms with Gasteiger partial charge in [-0.2, -0.15) is 0 Å². The number of hydrogen-bond acceptors (Lipinski definition) is 5. The van der Waals surface area contributed by atoms with Crippen LogP contribution >= 0.6 is 0 Å². The zero-order chi connectivity index (χ0) is 22.4. The lowest BCUT2D eigenvalue weighted by molar-refractivity contribution is 0.0924. The number of hydrogen-bond donors (Lipinski definition) is 1. The van der Waals surface area contributed by atoms with Gasteiger partial charge in [0.05, 0.1) is 6.04 Å². The Morgan fingerprint density at radius 1 is 0.970 bits per heavy atom. The molecule has 0 amide bonds. The molecule has 2 heterocycles. The Labute approximate surface area is 194 Å². The van der Waals surface area contributed by atoms with Gasteiger partial charge in [-0.05, 0) is 67.8 Å². The Morgan fingerprint density at radius 3 is 2.48 bits per heavy atom. The number of fused-ring (bicyclic) bond motifs is 2. The van der Waals surface area contributed by atoms with E-state index >= 15 is 0 Å². The molecule has 6 nitrogen and oxygen atoms in total. The van der Waals surface area contributed by atoms with Crippen LogP contribution in [-0.2, 0) is 6.42 Å². The van der Waals surface area contributed by atoms with Crippen molar-refractivity contribution in [2.75, 3.05) is 20.1 Å². The Hall–Kier alpha value is -3.22. The van der Waals surface area contributed by atoms with E-state index in [-0.39, 0.29) is 6.10 Å². The van der Waals surface area contributed by atoms with E-state index in [0.717, 1.165) is 47.5 Å². The van der Waals surface area contributed by atoms with Crippen molar-refractivity contribution < 1.29 is 4.74 Å². The SMILES string of the molecule is CNC1CCN([C@@H]2Cc3ccccc3C2Oc2ccc(C)cc2-n2nc3ccccc3n2)C1. The standard InChI is InChI=1S/C27H29N5O/c1-18-11-12-26(24(15-18)32-29-22-9-5-6-10-23(22)30-32)33-27-21-8-4-3-7-19(21)16-25(27)31-14-13-20(17-31)28-2/h3-12,15,20,25,27-28H,13-14,16-17H2,1-2H3/t20?,25-,27?/m1/s1. The number of aromatic nitrogens is 3. The second-order valence-corrected chi connectivity index (χ2v) is 9.23. The Bertz CT molecular complexity index is 1270. The molecule has 4 aromatic rings. The number of nitrogens with one attached hydrogen (secondary N) is 1. The van der Waals surface area contributed by atoms with Gasteiger partial charge in [-0.25, -0.2) is 0 Å². The van der Waals surface area contributed by atoms with Gasteiger partial charge in [0.15, 0.2) is 0 Å². The van der Waals surface area contributed by atoms with Crippen molar-refractivity contribution in [2.24, 2.45) is 0 Å². The molecule has 0 spiro atoms. The lowest BCUT2D eigenvalue weighted by Crippen LogP contribution is -2.40. The van der Waals surface area contributed by atoms with E-state index in [1.807, 2.05) is 24.3 Å². The van der Waals surface area contributed by atoms with Gasteiger partial charge in [0, 0.05) is 19.1 Å². The monoisotopic (exact) mass is 439 g/mol. The zero-order valence-electron chi connectivity index (χ0n) is 19.1. The van der Waals surface area contributed by atoms with Crippen molar-refractivity contribution in [1.29, 1.82) is 0 Å². The van der Waals surface area contributed by atoms with Crippen LogP contribution in [0.4, 0.5) is 0 Å². The summed E-state index contributed by atoms with van der Waals surface area (Å²) in [6, 6.07) is 23.8. The molecule has 0 bridgehead atoms. The highest BCUT2D eigenvalue weighted by molar-refractivity contribution is 5.73. The summed E-state index contributed by atoms with van der Waals surface area (Å²) in [6.07, 6.45) is 2.17. The molecular weight excluding hydrogens is 410 g/mol. The molecule has 2 aliphatic rings. The molecule has 168 valence electrons. The van der Waals surface area contributed by atoms with Gasteiger partial charge >= 0.3 is 0 Å². The number of likely N-dealkylation sites (N-methyl/N-ethyl adjacent to an activating group) is 1. The Morgan fingerprint density at radius 2 is 1.73 bits per heavy atom. The van der Waals surface area contributed by atoms with Crippen molar-refractivity contribution in [3.8, 4) is 11.4 Å². The predicted octanol–water partition coefficient (Wildman–Crippen LogP) is 4.07. The van der Waals surface area contributed by atoms with Crippen LogP contribution in [0.5, 0.6) is 5.75 Å². The van der Waals surface area contributed by atoms with E-state index in [0.29, 0.717) is 12.1 Å². The summed E-state index contributed by atoms with van der Waals surface area (Å²) in [4.78, 5) is 4.32. The molecule has 3 atom stereocenters. The van der Waals surface area contributed by atoms with Crippen LogP contribution in [0.25, 0.3) is 16.7 Å². The van der Waals surface area contributed by atoms with E-state index in [1.165, 1.54) is 17.5 Å². The minimum atomic E-state index is -0.0248.